The van der Waals surface area contributed by atoms with Crippen molar-refractivity contribution in [3.63, 3.8) is 0 Å². The first-order valence-corrected chi connectivity index (χ1v) is 4.69. The molecule has 1 aliphatic carbocycles. The third-order valence-electron chi connectivity index (χ3n) is 3.14. The van der Waals surface area contributed by atoms with Crippen molar-refractivity contribution >= 4 is 11.8 Å². The number of fused-ring (bicyclic) bond motifs is 1. The molecule has 13 heavy (non-hydrogen) atoms. The van der Waals surface area contributed by atoms with Crippen molar-refractivity contribution in [2.45, 2.75) is 25.3 Å². The number of hydrogen-bond donors (Lipinski definition) is 2. The van der Waals surface area contributed by atoms with Gasteiger partial charge in [-0.1, -0.05) is 0 Å². The molecule has 2 rings (SSSR count). The lowest BCUT2D eigenvalue weighted by atomic mass is 9.78. The summed E-state index contributed by atoms with van der Waals surface area (Å²) in [5.74, 6) is -0.566. The Balaban J connectivity index is 2.14. The minimum Gasteiger partial charge on any atom is -0.480 e. The fourth-order valence-corrected chi connectivity index (χ4v) is 2.48. The van der Waals surface area contributed by atoms with Gasteiger partial charge in [-0.15, -0.1) is 0 Å². The lowest BCUT2D eigenvalue weighted by Crippen LogP contribution is -2.37. The molecule has 0 aromatic carbocycles. The molecule has 2 N–H and O–H groups in total. The fraction of sp³-hybridized carbons (Fsp3) is 0.778. The number of carbonyl (C=O) groups excluding carboxylic acids is 1. The third-order valence-corrected chi connectivity index (χ3v) is 3.14. The summed E-state index contributed by atoms with van der Waals surface area (Å²) in [6.07, 6.45) is 2.36. The molecule has 0 spiro atoms. The Kier molecular flexibility index (Phi) is 2.07. The lowest BCUT2D eigenvalue weighted by molar-refractivity contribution is -0.140. The summed E-state index contributed by atoms with van der Waals surface area (Å²) in [6.45, 7) is 0.556. The van der Waals surface area contributed by atoms with Gasteiger partial charge in [-0.3, -0.25) is 9.59 Å². The molecular weight excluding hydrogens is 170 g/mol. The number of carboxylic acid groups (broad SMARTS) is 1. The average molecular weight is 183 g/mol. The number of carboxylic acids is 1. The molecular formula is C9H13NO3. The molecule has 3 atom stereocenters. The van der Waals surface area contributed by atoms with Crippen molar-refractivity contribution in [3.8, 4) is 0 Å². The van der Waals surface area contributed by atoms with Gasteiger partial charge in [0.05, 0.1) is 0 Å². The Morgan fingerprint density at radius 3 is 3.00 bits per heavy atom. The Labute approximate surface area is 76.3 Å². The van der Waals surface area contributed by atoms with Crippen LogP contribution < -0.4 is 5.32 Å². The number of nitrogens with one attached hydrogen (secondary N) is 1. The van der Waals surface area contributed by atoms with E-state index in [0.717, 1.165) is 12.8 Å². The van der Waals surface area contributed by atoms with Crippen molar-refractivity contribution < 1.29 is 14.7 Å². The van der Waals surface area contributed by atoms with Gasteiger partial charge in [0.2, 0.25) is 0 Å². The van der Waals surface area contributed by atoms with E-state index < -0.39 is 12.0 Å². The second-order valence-electron chi connectivity index (χ2n) is 3.85. The van der Waals surface area contributed by atoms with Crippen LogP contribution in [0.5, 0.6) is 0 Å². The summed E-state index contributed by atoms with van der Waals surface area (Å²) in [4.78, 5) is 22.2. The van der Waals surface area contributed by atoms with Gasteiger partial charge in [0.1, 0.15) is 11.8 Å². The summed E-state index contributed by atoms with van der Waals surface area (Å²) in [5, 5.41) is 11.8. The number of rotatable bonds is 1. The molecule has 72 valence electrons. The van der Waals surface area contributed by atoms with Crippen LogP contribution in [0.4, 0.5) is 0 Å². The highest BCUT2D eigenvalue weighted by atomic mass is 16.4. The number of hydrogen-bond acceptors (Lipinski definition) is 3. The smallest absolute Gasteiger partial charge is 0.321 e. The predicted molar refractivity (Wildman–Crippen MR) is 45.3 cm³/mol. The quantitative estimate of drug-likeness (QED) is 0.601. The van der Waals surface area contributed by atoms with Gasteiger partial charge in [0.25, 0.3) is 0 Å². The predicted octanol–water partition coefficient (Wildman–Crippen LogP) is 0.0282. The summed E-state index contributed by atoms with van der Waals surface area (Å²) in [5.41, 5.74) is 0. The molecule has 1 aliphatic heterocycles. The second-order valence-corrected chi connectivity index (χ2v) is 3.85. The molecule has 0 radical (unpaired) electrons. The molecule has 0 bridgehead atoms. The van der Waals surface area contributed by atoms with Crippen molar-refractivity contribution in [2.75, 3.05) is 6.54 Å². The first kappa shape index (κ1) is 8.69. The minimum atomic E-state index is -0.817. The maximum Gasteiger partial charge on any atom is 0.321 e. The molecule has 2 fully saturated rings. The zero-order valence-corrected chi connectivity index (χ0v) is 7.32. The van der Waals surface area contributed by atoms with Crippen LogP contribution in [-0.2, 0) is 9.59 Å². The molecule has 4 heteroatoms. The number of aliphatic carboxylic acids is 1. The van der Waals surface area contributed by atoms with E-state index in [-0.39, 0.29) is 17.6 Å². The van der Waals surface area contributed by atoms with Crippen LogP contribution in [0.15, 0.2) is 0 Å². The van der Waals surface area contributed by atoms with Crippen molar-refractivity contribution in [1.29, 1.82) is 0 Å². The van der Waals surface area contributed by atoms with Crippen LogP contribution in [0.25, 0.3) is 0 Å². The number of Topliss-reactive ketones (excluding diaryl/α,β-unsaturated/α-hetero) is 1. The average Bonchev–Trinajstić information content (AvgIpc) is 2.48. The van der Waals surface area contributed by atoms with Crippen molar-refractivity contribution in [2.24, 2.45) is 11.8 Å². The molecule has 0 aromatic rings. The van der Waals surface area contributed by atoms with Gasteiger partial charge < -0.3 is 10.4 Å². The molecule has 1 saturated heterocycles. The highest BCUT2D eigenvalue weighted by Crippen LogP contribution is 2.33. The van der Waals surface area contributed by atoms with Gasteiger partial charge in [-0.25, -0.2) is 0 Å². The van der Waals surface area contributed by atoms with E-state index in [9.17, 15) is 9.59 Å². The Hall–Kier alpha value is -0.900. The monoisotopic (exact) mass is 183 g/mol. The Bertz CT molecular complexity index is 245. The zero-order valence-electron chi connectivity index (χ0n) is 7.32. The van der Waals surface area contributed by atoms with Crippen LogP contribution in [0.3, 0.4) is 0 Å². The summed E-state index contributed by atoms with van der Waals surface area (Å²) in [7, 11) is 0. The maximum absolute atomic E-state index is 11.4. The molecule has 2 aliphatic rings. The standard InChI is InChI=1S/C9H13NO3/c11-7-3-1-2-5-6(7)4-10-8(5)9(12)13/h5-6,8,10H,1-4H2,(H,12,13)/t5-,6-,8+/m1/s1. The summed E-state index contributed by atoms with van der Waals surface area (Å²) >= 11 is 0. The Morgan fingerprint density at radius 2 is 2.31 bits per heavy atom. The topological polar surface area (TPSA) is 66.4 Å². The van der Waals surface area contributed by atoms with E-state index in [4.69, 9.17) is 5.11 Å². The molecule has 1 saturated carbocycles. The highest BCUT2D eigenvalue weighted by Gasteiger charge is 2.44. The minimum absolute atomic E-state index is 0.0325. The van der Waals surface area contributed by atoms with E-state index >= 15 is 0 Å². The summed E-state index contributed by atoms with van der Waals surface area (Å²) in [6, 6.07) is -0.491. The van der Waals surface area contributed by atoms with Gasteiger partial charge in [-0.2, -0.15) is 0 Å². The van der Waals surface area contributed by atoms with Crippen LogP contribution in [0.2, 0.25) is 0 Å². The van der Waals surface area contributed by atoms with E-state index in [1.54, 1.807) is 0 Å². The SMILES string of the molecule is O=C(O)[C@H]1NC[C@H]2C(=O)CCC[C@@H]12. The second kappa shape index (κ2) is 3.10. The van der Waals surface area contributed by atoms with Gasteiger partial charge in [0.15, 0.2) is 0 Å². The van der Waals surface area contributed by atoms with Crippen molar-refractivity contribution in [1.82, 2.24) is 5.32 Å². The van der Waals surface area contributed by atoms with E-state index in [1.807, 2.05) is 0 Å². The fourth-order valence-electron chi connectivity index (χ4n) is 2.48. The Morgan fingerprint density at radius 1 is 1.54 bits per heavy atom. The normalized spacial score (nSPS) is 38.8. The zero-order chi connectivity index (χ0) is 9.42. The summed E-state index contributed by atoms with van der Waals surface area (Å²) < 4.78 is 0. The van der Waals surface area contributed by atoms with Crippen LogP contribution >= 0.6 is 0 Å². The van der Waals surface area contributed by atoms with Crippen LogP contribution in [0.1, 0.15) is 19.3 Å². The molecule has 4 nitrogen and oxygen atoms in total. The number of ketones is 1. The van der Waals surface area contributed by atoms with E-state index in [2.05, 4.69) is 5.32 Å². The maximum atomic E-state index is 11.4. The molecule has 0 unspecified atom stereocenters. The first-order valence-electron chi connectivity index (χ1n) is 4.69. The third kappa shape index (κ3) is 1.35. The van der Waals surface area contributed by atoms with Crippen molar-refractivity contribution in [3.05, 3.63) is 0 Å². The van der Waals surface area contributed by atoms with E-state index in [0.29, 0.717) is 13.0 Å². The van der Waals surface area contributed by atoms with Gasteiger partial charge >= 0.3 is 5.97 Å². The van der Waals surface area contributed by atoms with Crippen LogP contribution in [0, 0.1) is 11.8 Å². The van der Waals surface area contributed by atoms with Crippen LogP contribution in [-0.4, -0.2) is 29.4 Å². The van der Waals surface area contributed by atoms with E-state index in [1.165, 1.54) is 0 Å². The number of carbonyl (C=O) groups is 2. The first-order chi connectivity index (χ1) is 6.20. The highest BCUT2D eigenvalue weighted by molar-refractivity contribution is 5.85. The molecule has 0 aromatic heterocycles. The van der Waals surface area contributed by atoms with Gasteiger partial charge in [0, 0.05) is 18.9 Å². The lowest BCUT2D eigenvalue weighted by Gasteiger charge is -2.24. The largest absolute Gasteiger partial charge is 0.480 e. The van der Waals surface area contributed by atoms with Gasteiger partial charge in [-0.05, 0) is 18.8 Å². The molecule has 1 heterocycles. The molecule has 0 amide bonds.